The van der Waals surface area contributed by atoms with Crippen LogP contribution >= 0.6 is 0 Å². The maximum atomic E-state index is 10.2. The smallest absolute Gasteiger partial charge is 0.118 e. The molecule has 0 heterocycles. The Balaban J connectivity index is 2.47. The van der Waals surface area contributed by atoms with Gasteiger partial charge in [-0.25, -0.2) is 0 Å². The van der Waals surface area contributed by atoms with E-state index in [4.69, 9.17) is 9.47 Å². The van der Waals surface area contributed by atoms with E-state index >= 15 is 0 Å². The summed E-state index contributed by atoms with van der Waals surface area (Å²) in [5.74, 6) is 0.588. The minimum Gasteiger partial charge on any atom is -0.497 e. The fourth-order valence-corrected chi connectivity index (χ4v) is 1.88. The fraction of sp³-hybridized carbons (Fsp3) is 0.500. The Labute approximate surface area is 120 Å². The van der Waals surface area contributed by atoms with Gasteiger partial charge in [0.15, 0.2) is 0 Å². The first-order chi connectivity index (χ1) is 9.40. The number of hydrogen-bond donors (Lipinski definition) is 2. The van der Waals surface area contributed by atoms with Gasteiger partial charge in [-0.1, -0.05) is 25.1 Å². The second kappa shape index (κ2) is 7.43. The SMILES string of the molecule is C=C[C@H](C)[C@H](O)[C@](C)(O)COCc1ccc(OC)cc1. The summed E-state index contributed by atoms with van der Waals surface area (Å²) < 4.78 is 10.6. The summed E-state index contributed by atoms with van der Waals surface area (Å²) in [6.07, 6.45) is 0.707. The number of aliphatic hydroxyl groups excluding tert-OH is 1. The highest BCUT2D eigenvalue weighted by atomic mass is 16.5. The van der Waals surface area contributed by atoms with Gasteiger partial charge < -0.3 is 19.7 Å². The molecular weight excluding hydrogens is 256 g/mol. The van der Waals surface area contributed by atoms with Gasteiger partial charge in [-0.3, -0.25) is 0 Å². The third-order valence-electron chi connectivity index (χ3n) is 3.33. The second-order valence-corrected chi connectivity index (χ2v) is 5.24. The molecule has 0 fully saturated rings. The molecule has 0 unspecified atom stereocenters. The van der Waals surface area contributed by atoms with Crippen LogP contribution in [0.2, 0.25) is 0 Å². The Bertz CT molecular complexity index is 411. The zero-order valence-corrected chi connectivity index (χ0v) is 12.4. The van der Waals surface area contributed by atoms with Crippen molar-refractivity contribution in [3.8, 4) is 5.75 Å². The van der Waals surface area contributed by atoms with E-state index < -0.39 is 11.7 Å². The van der Waals surface area contributed by atoms with Crippen molar-refractivity contribution >= 4 is 0 Å². The standard InChI is InChI=1S/C16H24O4/c1-5-12(2)15(17)16(3,18)11-20-10-13-6-8-14(19-4)9-7-13/h5-9,12,15,17-18H,1,10-11H2,2-4H3/t12-,15-,16+/m0/s1. The molecule has 0 saturated heterocycles. The van der Waals surface area contributed by atoms with Crippen LogP contribution in [-0.2, 0) is 11.3 Å². The number of methoxy groups -OCH3 is 1. The van der Waals surface area contributed by atoms with Gasteiger partial charge >= 0.3 is 0 Å². The van der Waals surface area contributed by atoms with E-state index in [1.807, 2.05) is 24.3 Å². The van der Waals surface area contributed by atoms with Gasteiger partial charge in [0.25, 0.3) is 0 Å². The summed E-state index contributed by atoms with van der Waals surface area (Å²) in [4.78, 5) is 0. The minimum atomic E-state index is -1.31. The number of ether oxygens (including phenoxy) is 2. The van der Waals surface area contributed by atoms with Crippen molar-refractivity contribution in [2.75, 3.05) is 13.7 Å². The maximum absolute atomic E-state index is 10.2. The Hall–Kier alpha value is -1.36. The summed E-state index contributed by atoms with van der Waals surface area (Å²) >= 11 is 0. The molecule has 0 aliphatic rings. The van der Waals surface area contributed by atoms with Crippen molar-refractivity contribution < 1.29 is 19.7 Å². The number of rotatable bonds is 8. The van der Waals surface area contributed by atoms with E-state index in [9.17, 15) is 10.2 Å². The molecule has 0 aliphatic heterocycles. The number of aliphatic hydroxyl groups is 2. The van der Waals surface area contributed by atoms with E-state index in [1.54, 1.807) is 27.0 Å². The van der Waals surface area contributed by atoms with Crippen LogP contribution in [0, 0.1) is 5.92 Å². The molecule has 1 rings (SSSR count). The number of benzene rings is 1. The summed E-state index contributed by atoms with van der Waals surface area (Å²) in [6.45, 7) is 7.40. The molecule has 3 atom stereocenters. The van der Waals surface area contributed by atoms with Gasteiger partial charge in [0.1, 0.15) is 11.4 Å². The molecular formula is C16H24O4. The molecule has 0 amide bonds. The van der Waals surface area contributed by atoms with Crippen molar-refractivity contribution in [1.29, 1.82) is 0 Å². The molecule has 20 heavy (non-hydrogen) atoms. The maximum Gasteiger partial charge on any atom is 0.118 e. The van der Waals surface area contributed by atoms with E-state index in [1.165, 1.54) is 0 Å². The molecule has 0 radical (unpaired) electrons. The second-order valence-electron chi connectivity index (χ2n) is 5.24. The molecule has 4 nitrogen and oxygen atoms in total. The third kappa shape index (κ3) is 4.63. The van der Waals surface area contributed by atoms with Gasteiger partial charge in [0.05, 0.1) is 26.4 Å². The lowest BCUT2D eigenvalue weighted by Gasteiger charge is -2.31. The first-order valence-electron chi connectivity index (χ1n) is 6.64. The van der Waals surface area contributed by atoms with Gasteiger partial charge in [-0.05, 0) is 24.6 Å². The van der Waals surface area contributed by atoms with Gasteiger partial charge in [0, 0.05) is 5.92 Å². The molecule has 0 spiro atoms. The van der Waals surface area contributed by atoms with Crippen molar-refractivity contribution in [3.63, 3.8) is 0 Å². The molecule has 1 aromatic rings. The first kappa shape index (κ1) is 16.7. The predicted molar refractivity (Wildman–Crippen MR) is 78.6 cm³/mol. The van der Waals surface area contributed by atoms with Crippen LogP contribution in [0.4, 0.5) is 0 Å². The fourth-order valence-electron chi connectivity index (χ4n) is 1.88. The molecule has 4 heteroatoms. The molecule has 2 N–H and O–H groups in total. The van der Waals surface area contributed by atoms with E-state index in [0.717, 1.165) is 11.3 Å². The predicted octanol–water partition coefficient (Wildman–Crippen LogP) is 2.15. The van der Waals surface area contributed by atoms with Crippen LogP contribution in [0.3, 0.4) is 0 Å². The van der Waals surface area contributed by atoms with E-state index in [0.29, 0.717) is 6.61 Å². The Morgan fingerprint density at radius 3 is 2.45 bits per heavy atom. The lowest BCUT2D eigenvalue weighted by molar-refractivity contribution is -0.123. The quantitative estimate of drug-likeness (QED) is 0.716. The highest BCUT2D eigenvalue weighted by Crippen LogP contribution is 2.20. The lowest BCUT2D eigenvalue weighted by atomic mass is 9.90. The van der Waals surface area contributed by atoms with Crippen molar-refractivity contribution in [1.82, 2.24) is 0 Å². The zero-order valence-electron chi connectivity index (χ0n) is 12.4. The summed E-state index contributed by atoms with van der Waals surface area (Å²) in [7, 11) is 1.62. The molecule has 1 aromatic carbocycles. The first-order valence-corrected chi connectivity index (χ1v) is 6.64. The average Bonchev–Trinajstić information content (AvgIpc) is 2.46. The van der Waals surface area contributed by atoms with Gasteiger partial charge in [-0.15, -0.1) is 6.58 Å². The average molecular weight is 280 g/mol. The lowest BCUT2D eigenvalue weighted by Crippen LogP contribution is -2.46. The van der Waals surface area contributed by atoms with Crippen LogP contribution < -0.4 is 4.74 Å². The van der Waals surface area contributed by atoms with Crippen LogP contribution in [0.1, 0.15) is 19.4 Å². The highest BCUT2D eigenvalue weighted by molar-refractivity contribution is 5.26. The third-order valence-corrected chi connectivity index (χ3v) is 3.33. The largest absolute Gasteiger partial charge is 0.497 e. The van der Waals surface area contributed by atoms with E-state index in [-0.39, 0.29) is 12.5 Å². The van der Waals surface area contributed by atoms with Gasteiger partial charge in [0.2, 0.25) is 0 Å². The van der Waals surface area contributed by atoms with Crippen molar-refractivity contribution in [3.05, 3.63) is 42.5 Å². The van der Waals surface area contributed by atoms with Gasteiger partial charge in [-0.2, -0.15) is 0 Å². The minimum absolute atomic E-state index is 0.0539. The molecule has 0 bridgehead atoms. The van der Waals surface area contributed by atoms with Crippen molar-refractivity contribution in [2.45, 2.75) is 32.2 Å². The molecule has 0 aromatic heterocycles. The van der Waals surface area contributed by atoms with E-state index in [2.05, 4.69) is 6.58 Å². The Morgan fingerprint density at radius 2 is 1.95 bits per heavy atom. The highest BCUT2D eigenvalue weighted by Gasteiger charge is 2.33. The van der Waals surface area contributed by atoms with Crippen molar-refractivity contribution in [2.24, 2.45) is 5.92 Å². The normalized spacial score (nSPS) is 17.1. The summed E-state index contributed by atoms with van der Waals surface area (Å²) in [5.41, 5.74) is -0.326. The Kier molecular flexibility index (Phi) is 6.20. The van der Waals surface area contributed by atoms with Crippen LogP contribution in [-0.4, -0.2) is 35.6 Å². The number of hydrogen-bond acceptors (Lipinski definition) is 4. The molecule has 0 aliphatic carbocycles. The topological polar surface area (TPSA) is 58.9 Å². The summed E-state index contributed by atoms with van der Waals surface area (Å²) in [6, 6.07) is 7.50. The Morgan fingerprint density at radius 1 is 1.35 bits per heavy atom. The zero-order chi connectivity index (χ0) is 15.2. The van der Waals surface area contributed by atoms with Crippen LogP contribution in [0.25, 0.3) is 0 Å². The monoisotopic (exact) mass is 280 g/mol. The van der Waals surface area contributed by atoms with Crippen LogP contribution in [0.5, 0.6) is 5.75 Å². The molecule has 112 valence electrons. The van der Waals surface area contributed by atoms with Crippen LogP contribution in [0.15, 0.2) is 36.9 Å². The summed E-state index contributed by atoms with van der Waals surface area (Å²) in [5, 5.41) is 20.2. The molecule has 0 saturated carbocycles.